The van der Waals surface area contributed by atoms with E-state index < -0.39 is 5.82 Å². The van der Waals surface area contributed by atoms with Gasteiger partial charge in [-0.25, -0.2) is 4.39 Å². The summed E-state index contributed by atoms with van der Waals surface area (Å²) in [5.74, 6) is 0.120. The molecule has 3 rings (SSSR count). The number of rotatable bonds is 3. The zero-order valence-corrected chi connectivity index (χ0v) is 11.9. The van der Waals surface area contributed by atoms with Crippen molar-refractivity contribution in [1.29, 1.82) is 0 Å². The van der Waals surface area contributed by atoms with Crippen molar-refractivity contribution >= 4 is 22.5 Å². The number of hydrogen-bond acceptors (Lipinski definition) is 2. The summed E-state index contributed by atoms with van der Waals surface area (Å²) < 4.78 is 20.6. The highest BCUT2D eigenvalue weighted by molar-refractivity contribution is 6.30. The summed E-state index contributed by atoms with van der Waals surface area (Å²) in [5.41, 5.74) is 0.845. The lowest BCUT2D eigenvalue weighted by Crippen LogP contribution is -2.08. The van der Waals surface area contributed by atoms with Crippen molar-refractivity contribution in [2.45, 2.75) is 6.54 Å². The number of fused-ring (bicyclic) bond motifs is 1. The second-order valence-corrected chi connectivity index (χ2v) is 5.03. The molecule has 6 heteroatoms. The Morgan fingerprint density at radius 1 is 1.33 bits per heavy atom. The molecule has 3 aromatic rings. The van der Waals surface area contributed by atoms with E-state index in [1.54, 1.807) is 35.0 Å². The molecule has 1 aromatic heterocycles. The molecular weight excluding hydrogens is 295 g/mol. The van der Waals surface area contributed by atoms with Crippen molar-refractivity contribution < 1.29 is 9.13 Å². The number of aromatic nitrogens is 2. The van der Waals surface area contributed by atoms with Gasteiger partial charge in [-0.3, -0.25) is 14.6 Å². The lowest BCUT2D eigenvalue weighted by atomic mass is 10.2. The summed E-state index contributed by atoms with van der Waals surface area (Å²) in [6.45, 7) is 0.192. The molecule has 0 amide bonds. The molecular formula is C15H12ClFN2O2. The summed E-state index contributed by atoms with van der Waals surface area (Å²) in [4.78, 5) is 12.0. The van der Waals surface area contributed by atoms with Crippen LogP contribution in [0.4, 0.5) is 4.39 Å². The molecule has 0 unspecified atom stereocenters. The second kappa shape index (κ2) is 5.26. The van der Waals surface area contributed by atoms with Crippen LogP contribution in [0.15, 0.2) is 41.2 Å². The Morgan fingerprint density at radius 3 is 2.90 bits per heavy atom. The highest BCUT2D eigenvalue weighted by Gasteiger charge is 2.11. The van der Waals surface area contributed by atoms with Crippen LogP contribution in [0.3, 0.4) is 0 Å². The summed E-state index contributed by atoms with van der Waals surface area (Å²) >= 11 is 5.77. The number of nitrogens with one attached hydrogen (secondary N) is 1. The number of aromatic amines is 1. The molecule has 0 aliphatic carbocycles. The van der Waals surface area contributed by atoms with Gasteiger partial charge in [-0.2, -0.15) is 0 Å². The topological polar surface area (TPSA) is 47.0 Å². The van der Waals surface area contributed by atoms with Gasteiger partial charge < -0.3 is 4.74 Å². The molecule has 108 valence electrons. The fourth-order valence-corrected chi connectivity index (χ4v) is 2.46. The summed E-state index contributed by atoms with van der Waals surface area (Å²) in [5, 5.41) is 3.25. The van der Waals surface area contributed by atoms with E-state index in [-0.39, 0.29) is 17.1 Å². The van der Waals surface area contributed by atoms with Gasteiger partial charge in [-0.05, 0) is 24.3 Å². The van der Waals surface area contributed by atoms with Gasteiger partial charge in [0, 0.05) is 5.56 Å². The highest BCUT2D eigenvalue weighted by atomic mass is 35.5. The van der Waals surface area contributed by atoms with Crippen LogP contribution in [0.5, 0.6) is 5.75 Å². The first-order chi connectivity index (χ1) is 10.1. The average molecular weight is 307 g/mol. The molecule has 2 aromatic carbocycles. The second-order valence-electron chi connectivity index (χ2n) is 4.62. The molecule has 0 spiro atoms. The number of ether oxygens (including phenoxy) is 1. The van der Waals surface area contributed by atoms with Gasteiger partial charge in [0.15, 0.2) is 0 Å². The Hall–Kier alpha value is -2.27. The summed E-state index contributed by atoms with van der Waals surface area (Å²) in [6.07, 6.45) is 0. The predicted molar refractivity (Wildman–Crippen MR) is 79.6 cm³/mol. The first-order valence-corrected chi connectivity index (χ1v) is 6.67. The molecule has 0 atom stereocenters. The fourth-order valence-electron chi connectivity index (χ4n) is 2.27. The van der Waals surface area contributed by atoms with Crippen LogP contribution in [0.1, 0.15) is 5.56 Å². The van der Waals surface area contributed by atoms with Crippen LogP contribution in [0.2, 0.25) is 5.02 Å². The Labute approximate surface area is 124 Å². The van der Waals surface area contributed by atoms with Crippen molar-refractivity contribution in [2.75, 3.05) is 7.11 Å². The smallest absolute Gasteiger partial charge is 0.272 e. The van der Waals surface area contributed by atoms with Crippen molar-refractivity contribution in [1.82, 2.24) is 9.78 Å². The molecule has 0 aliphatic rings. The van der Waals surface area contributed by atoms with Crippen molar-refractivity contribution in [2.24, 2.45) is 0 Å². The maximum absolute atomic E-state index is 14.0. The zero-order valence-electron chi connectivity index (χ0n) is 11.2. The summed E-state index contributed by atoms with van der Waals surface area (Å²) in [6, 6.07) is 9.96. The van der Waals surface area contributed by atoms with Gasteiger partial charge in [0.2, 0.25) is 0 Å². The van der Waals surface area contributed by atoms with E-state index in [4.69, 9.17) is 16.3 Å². The van der Waals surface area contributed by atoms with Crippen LogP contribution in [0, 0.1) is 5.82 Å². The van der Waals surface area contributed by atoms with Crippen LogP contribution in [0.25, 0.3) is 10.9 Å². The van der Waals surface area contributed by atoms with Gasteiger partial charge >= 0.3 is 0 Å². The van der Waals surface area contributed by atoms with Crippen LogP contribution >= 0.6 is 11.6 Å². The minimum absolute atomic E-state index is 0.0629. The van der Waals surface area contributed by atoms with E-state index in [1.807, 2.05) is 0 Å². The molecule has 0 aliphatic heterocycles. The quantitative estimate of drug-likeness (QED) is 0.808. The van der Waals surface area contributed by atoms with E-state index in [0.717, 1.165) is 0 Å². The number of hydrogen-bond donors (Lipinski definition) is 1. The average Bonchev–Trinajstić information content (AvgIpc) is 2.80. The number of nitrogens with zero attached hydrogens (tertiary/aromatic N) is 1. The Balaban J connectivity index is 2.09. The van der Waals surface area contributed by atoms with Crippen molar-refractivity contribution in [3.05, 3.63) is 63.2 Å². The van der Waals surface area contributed by atoms with Gasteiger partial charge in [-0.15, -0.1) is 0 Å². The molecule has 1 heterocycles. The van der Waals surface area contributed by atoms with E-state index >= 15 is 0 Å². The van der Waals surface area contributed by atoms with Crippen LogP contribution in [-0.2, 0) is 6.54 Å². The number of benzene rings is 2. The van der Waals surface area contributed by atoms with Gasteiger partial charge in [0.25, 0.3) is 5.56 Å². The fraction of sp³-hybridized carbons (Fsp3) is 0.133. The minimum atomic E-state index is -0.477. The van der Waals surface area contributed by atoms with E-state index in [0.29, 0.717) is 22.2 Å². The summed E-state index contributed by atoms with van der Waals surface area (Å²) in [7, 11) is 1.54. The van der Waals surface area contributed by atoms with E-state index in [1.165, 1.54) is 13.2 Å². The third-order valence-corrected chi connectivity index (χ3v) is 3.63. The molecule has 0 saturated carbocycles. The van der Waals surface area contributed by atoms with E-state index in [2.05, 4.69) is 5.10 Å². The zero-order chi connectivity index (χ0) is 15.0. The van der Waals surface area contributed by atoms with Gasteiger partial charge in [-0.1, -0.05) is 23.7 Å². The van der Waals surface area contributed by atoms with Gasteiger partial charge in [0.05, 0.1) is 29.6 Å². The van der Waals surface area contributed by atoms with Crippen LogP contribution in [-0.4, -0.2) is 16.9 Å². The number of H-pyrrole nitrogens is 1. The molecule has 1 N–H and O–H groups in total. The Kier molecular flexibility index (Phi) is 3.43. The lowest BCUT2D eigenvalue weighted by Gasteiger charge is -2.07. The molecule has 0 fully saturated rings. The standard InChI is InChI=1S/C15H12ClFN2O2/c1-21-10-5-6-13-11(7-10)15(20)18-19(13)8-9-3-2-4-12(16)14(9)17/h2-7H,8H2,1H3,(H,18,20). The lowest BCUT2D eigenvalue weighted by molar-refractivity contribution is 0.415. The third kappa shape index (κ3) is 2.40. The van der Waals surface area contributed by atoms with Gasteiger partial charge in [0.1, 0.15) is 11.6 Å². The molecule has 0 radical (unpaired) electrons. The first-order valence-electron chi connectivity index (χ1n) is 6.29. The maximum Gasteiger partial charge on any atom is 0.272 e. The van der Waals surface area contributed by atoms with Crippen molar-refractivity contribution in [3.63, 3.8) is 0 Å². The van der Waals surface area contributed by atoms with Crippen molar-refractivity contribution in [3.8, 4) is 5.75 Å². The third-order valence-electron chi connectivity index (χ3n) is 3.34. The van der Waals surface area contributed by atoms with Crippen LogP contribution < -0.4 is 10.3 Å². The minimum Gasteiger partial charge on any atom is -0.497 e. The predicted octanol–water partition coefficient (Wildman–Crippen LogP) is 3.18. The SMILES string of the molecule is COc1ccc2c(c1)c(=O)[nH]n2Cc1cccc(Cl)c1F. The highest BCUT2D eigenvalue weighted by Crippen LogP contribution is 2.21. The van der Waals surface area contributed by atoms with E-state index in [9.17, 15) is 9.18 Å². The Morgan fingerprint density at radius 2 is 2.14 bits per heavy atom. The maximum atomic E-state index is 14.0. The molecule has 0 bridgehead atoms. The molecule has 21 heavy (non-hydrogen) atoms. The largest absolute Gasteiger partial charge is 0.497 e. The normalized spacial score (nSPS) is 11.0. The number of methoxy groups -OCH3 is 1. The monoisotopic (exact) mass is 306 g/mol. The molecule has 0 saturated heterocycles. The number of halogens is 2. The first kappa shape index (κ1) is 13.7. The molecule has 4 nitrogen and oxygen atoms in total. The Bertz CT molecular complexity index is 870.